The van der Waals surface area contributed by atoms with E-state index in [1.807, 2.05) is 13.0 Å². The average molecular weight is 385 g/mol. The Labute approximate surface area is 176 Å². The van der Waals surface area contributed by atoms with Gasteiger partial charge in [0.05, 0.1) is 6.54 Å². The summed E-state index contributed by atoms with van der Waals surface area (Å²) in [6, 6.07) is 10.6. The Balaban J connectivity index is 2.22. The predicted octanol–water partition coefficient (Wildman–Crippen LogP) is 7.15. The van der Waals surface area contributed by atoms with Gasteiger partial charge in [-0.1, -0.05) is 78.9 Å². The molecule has 1 aliphatic rings. The minimum atomic E-state index is 0.285. The third kappa shape index (κ3) is 7.50. The van der Waals surface area contributed by atoms with Gasteiger partial charge in [0.2, 0.25) is 0 Å². The van der Waals surface area contributed by atoms with Crippen molar-refractivity contribution in [1.29, 1.82) is 5.41 Å². The molecule has 2 heteroatoms. The van der Waals surface area contributed by atoms with Crippen molar-refractivity contribution < 1.29 is 0 Å². The second-order valence-electron chi connectivity index (χ2n) is 6.97. The molecule has 1 atom stereocenters. The molecule has 0 bridgehead atoms. The molecule has 0 radical (unpaired) electrons. The van der Waals surface area contributed by atoms with Crippen molar-refractivity contribution in [2.75, 3.05) is 6.54 Å². The first kappa shape index (κ1) is 22.3. The van der Waals surface area contributed by atoms with Crippen molar-refractivity contribution in [3.63, 3.8) is 0 Å². The summed E-state index contributed by atoms with van der Waals surface area (Å²) in [5.74, 6) is 0.285. The monoisotopic (exact) mass is 384 g/mol. The SMILES string of the molecule is C=NC/C=C(\C=C/C/C=C\C)C(=C\C=N)/C1/C=C\C/C(c2ccccc2)=C\CC1. The Morgan fingerprint density at radius 1 is 1.24 bits per heavy atom. The van der Waals surface area contributed by atoms with Gasteiger partial charge in [-0.05, 0) is 67.7 Å². The van der Waals surface area contributed by atoms with Crippen LogP contribution in [-0.4, -0.2) is 19.5 Å². The molecule has 2 nitrogen and oxygen atoms in total. The van der Waals surface area contributed by atoms with Gasteiger partial charge in [0.25, 0.3) is 0 Å². The summed E-state index contributed by atoms with van der Waals surface area (Å²) in [5.41, 5.74) is 4.99. The van der Waals surface area contributed by atoms with Crippen LogP contribution in [0.3, 0.4) is 0 Å². The molecule has 0 aromatic heterocycles. The Kier molecular flexibility index (Phi) is 10.2. The standard InChI is InChI=1S/C27H32N2/c1-3-4-5-7-14-26(20-22-29-2)27(19-21-28)25-17-10-15-24(16-11-18-25)23-12-8-6-9-13-23/h3-4,6-10,12-14,16-17,19-21,25,28H,2,5,11,15,18,22H2,1H3/b4-3-,14-7-,17-10-,24-16+,26-20+,27-19-,28-21?. The summed E-state index contributed by atoms with van der Waals surface area (Å²) in [4.78, 5) is 4.00. The maximum atomic E-state index is 7.67. The van der Waals surface area contributed by atoms with Crippen LogP contribution in [0.5, 0.6) is 0 Å². The van der Waals surface area contributed by atoms with Gasteiger partial charge in [0, 0.05) is 12.1 Å². The van der Waals surface area contributed by atoms with Gasteiger partial charge >= 0.3 is 0 Å². The summed E-state index contributed by atoms with van der Waals surface area (Å²) >= 11 is 0. The second-order valence-corrected chi connectivity index (χ2v) is 6.97. The van der Waals surface area contributed by atoms with Crippen LogP contribution in [0, 0.1) is 11.3 Å². The molecular formula is C27H32N2. The minimum absolute atomic E-state index is 0.285. The van der Waals surface area contributed by atoms with E-state index in [9.17, 15) is 0 Å². The van der Waals surface area contributed by atoms with Gasteiger partial charge in [0.1, 0.15) is 0 Å². The molecule has 0 aliphatic heterocycles. The molecule has 2 rings (SSSR count). The van der Waals surface area contributed by atoms with Crippen LogP contribution in [-0.2, 0) is 0 Å². The summed E-state index contributed by atoms with van der Waals surface area (Å²) in [6.07, 6.45) is 24.7. The number of nitrogens with one attached hydrogen (secondary N) is 1. The van der Waals surface area contributed by atoms with Crippen LogP contribution in [0.15, 0.2) is 101 Å². The van der Waals surface area contributed by atoms with Crippen LogP contribution < -0.4 is 0 Å². The lowest BCUT2D eigenvalue weighted by Crippen LogP contribution is -2.06. The zero-order valence-electron chi connectivity index (χ0n) is 17.4. The Morgan fingerprint density at radius 2 is 2.07 bits per heavy atom. The van der Waals surface area contributed by atoms with Crippen molar-refractivity contribution >= 4 is 18.5 Å². The smallest absolute Gasteiger partial charge is 0.0571 e. The van der Waals surface area contributed by atoms with E-state index in [0.717, 1.165) is 31.3 Å². The third-order valence-electron chi connectivity index (χ3n) is 4.96. The van der Waals surface area contributed by atoms with Crippen LogP contribution in [0.2, 0.25) is 0 Å². The molecule has 0 fully saturated rings. The maximum Gasteiger partial charge on any atom is 0.0571 e. The van der Waals surface area contributed by atoms with Crippen LogP contribution >= 0.6 is 0 Å². The molecule has 1 aliphatic carbocycles. The van der Waals surface area contributed by atoms with Gasteiger partial charge in [-0.25, -0.2) is 0 Å². The molecule has 0 saturated heterocycles. The fourth-order valence-corrected chi connectivity index (χ4v) is 3.50. The number of hydrogen-bond acceptors (Lipinski definition) is 2. The number of allylic oxidation sites excluding steroid dienone is 11. The van der Waals surface area contributed by atoms with Crippen molar-refractivity contribution in [2.24, 2.45) is 10.9 Å². The third-order valence-corrected chi connectivity index (χ3v) is 4.96. The lowest BCUT2D eigenvalue weighted by atomic mass is 9.85. The number of hydrogen-bond donors (Lipinski definition) is 1. The molecule has 1 aromatic carbocycles. The first-order valence-corrected chi connectivity index (χ1v) is 10.3. The number of aliphatic imine (C=N–C) groups is 1. The first-order valence-electron chi connectivity index (χ1n) is 10.3. The molecule has 29 heavy (non-hydrogen) atoms. The van der Waals surface area contributed by atoms with Crippen molar-refractivity contribution in [3.8, 4) is 0 Å². The maximum absolute atomic E-state index is 7.67. The highest BCUT2D eigenvalue weighted by Crippen LogP contribution is 2.31. The van der Waals surface area contributed by atoms with Crippen LogP contribution in [0.25, 0.3) is 5.57 Å². The summed E-state index contributed by atoms with van der Waals surface area (Å²) < 4.78 is 0. The molecule has 1 unspecified atom stereocenters. The molecule has 1 aromatic rings. The normalized spacial score (nSPS) is 21.4. The highest BCUT2D eigenvalue weighted by Gasteiger charge is 2.15. The quantitative estimate of drug-likeness (QED) is 0.266. The number of rotatable bonds is 9. The zero-order valence-corrected chi connectivity index (χ0v) is 17.4. The van der Waals surface area contributed by atoms with Crippen LogP contribution in [0.1, 0.15) is 38.2 Å². The van der Waals surface area contributed by atoms with E-state index in [2.05, 4.69) is 90.6 Å². The van der Waals surface area contributed by atoms with Gasteiger partial charge in [-0.2, -0.15) is 0 Å². The summed E-state index contributed by atoms with van der Waals surface area (Å²) in [6.45, 7) is 6.22. The molecule has 0 spiro atoms. The van der Waals surface area contributed by atoms with E-state index in [0.29, 0.717) is 6.54 Å². The number of benzene rings is 1. The minimum Gasteiger partial charge on any atom is -0.309 e. The first-order chi connectivity index (χ1) is 14.3. The average Bonchev–Trinajstić information content (AvgIpc) is 2.73. The lowest BCUT2D eigenvalue weighted by Gasteiger charge is -2.20. The predicted molar refractivity (Wildman–Crippen MR) is 129 cm³/mol. The second kappa shape index (κ2) is 13.2. The van der Waals surface area contributed by atoms with E-state index in [1.165, 1.54) is 22.9 Å². The van der Waals surface area contributed by atoms with Gasteiger partial charge in [-0.15, -0.1) is 0 Å². The lowest BCUT2D eigenvalue weighted by molar-refractivity contribution is 0.688. The van der Waals surface area contributed by atoms with E-state index < -0.39 is 0 Å². The van der Waals surface area contributed by atoms with E-state index in [4.69, 9.17) is 5.41 Å². The van der Waals surface area contributed by atoms with Crippen molar-refractivity contribution in [2.45, 2.75) is 32.6 Å². The molecule has 0 saturated carbocycles. The van der Waals surface area contributed by atoms with Crippen LogP contribution in [0.4, 0.5) is 0 Å². The molecular weight excluding hydrogens is 352 g/mol. The zero-order chi connectivity index (χ0) is 20.7. The Morgan fingerprint density at radius 3 is 2.79 bits per heavy atom. The number of nitrogens with zero attached hydrogens (tertiary/aromatic N) is 1. The summed E-state index contributed by atoms with van der Waals surface area (Å²) in [5, 5.41) is 7.67. The van der Waals surface area contributed by atoms with Gasteiger partial charge < -0.3 is 5.41 Å². The molecule has 150 valence electrons. The highest BCUT2D eigenvalue weighted by molar-refractivity contribution is 5.72. The molecule has 1 N–H and O–H groups in total. The van der Waals surface area contributed by atoms with Gasteiger partial charge in [0.15, 0.2) is 0 Å². The fraction of sp³-hybridized carbons (Fsp3) is 0.259. The fourth-order valence-electron chi connectivity index (χ4n) is 3.50. The largest absolute Gasteiger partial charge is 0.309 e. The summed E-state index contributed by atoms with van der Waals surface area (Å²) in [7, 11) is 0. The van der Waals surface area contributed by atoms with E-state index >= 15 is 0 Å². The Bertz CT molecular complexity index is 833. The molecule has 0 heterocycles. The van der Waals surface area contributed by atoms with E-state index in [1.54, 1.807) is 0 Å². The van der Waals surface area contributed by atoms with E-state index in [-0.39, 0.29) is 5.92 Å². The van der Waals surface area contributed by atoms with Crippen molar-refractivity contribution in [1.82, 2.24) is 0 Å². The Hall–Kier alpha value is -3.00. The van der Waals surface area contributed by atoms with Crippen molar-refractivity contribution in [3.05, 3.63) is 102 Å². The van der Waals surface area contributed by atoms with Gasteiger partial charge in [-0.3, -0.25) is 4.99 Å². The molecule has 0 amide bonds. The highest BCUT2D eigenvalue weighted by atomic mass is 14.7. The topological polar surface area (TPSA) is 36.2 Å².